The van der Waals surface area contributed by atoms with Gasteiger partial charge >= 0.3 is 0 Å². The normalized spacial score (nSPS) is 24.0. The Hall–Kier alpha value is -2.06. The molecule has 0 bridgehead atoms. The average molecular weight is 320 g/mol. The minimum Gasteiger partial charge on any atom is -0.543 e. The van der Waals surface area contributed by atoms with Crippen LogP contribution in [0, 0.1) is 0 Å². The first kappa shape index (κ1) is 14.9. The van der Waals surface area contributed by atoms with E-state index in [0.29, 0.717) is 24.4 Å². The maximum atomic E-state index is 11.8. The summed E-state index contributed by atoms with van der Waals surface area (Å²) in [6, 6.07) is -0.623. The van der Waals surface area contributed by atoms with Crippen molar-refractivity contribution in [3.63, 3.8) is 0 Å². The number of β-lactam (4-membered cyclic amide) rings is 1. The highest BCUT2D eigenvalue weighted by Gasteiger charge is 2.50. The number of amides is 1. The van der Waals surface area contributed by atoms with Crippen molar-refractivity contribution in [2.75, 3.05) is 5.75 Å². The van der Waals surface area contributed by atoms with Crippen LogP contribution in [0.25, 0.3) is 0 Å². The van der Waals surface area contributed by atoms with Gasteiger partial charge in [0.2, 0.25) is 12.2 Å². The molecular formula is C14H16N4O3S. The molecular weight excluding hydrogens is 304 g/mol. The minimum absolute atomic E-state index is 0.0283. The van der Waals surface area contributed by atoms with Crippen molar-refractivity contribution in [2.45, 2.75) is 24.5 Å². The molecule has 2 N–H and O–H groups in total. The van der Waals surface area contributed by atoms with Gasteiger partial charge in [-0.2, -0.15) is 0 Å². The Morgan fingerprint density at radius 3 is 3.09 bits per heavy atom. The number of aromatic nitrogens is 2. The number of hydrogen-bond donors (Lipinski definition) is 1. The number of nitrogens with zero attached hydrogens (tertiary/aromatic N) is 3. The molecule has 1 aromatic rings. The Labute approximate surface area is 131 Å². The van der Waals surface area contributed by atoms with Crippen LogP contribution < -0.4 is 15.4 Å². The highest BCUT2D eigenvalue weighted by atomic mass is 32.2. The van der Waals surface area contributed by atoms with E-state index in [1.54, 1.807) is 6.08 Å². The minimum atomic E-state index is -1.33. The van der Waals surface area contributed by atoms with Gasteiger partial charge in [-0.25, -0.2) is 9.13 Å². The Balaban J connectivity index is 1.87. The van der Waals surface area contributed by atoms with Gasteiger partial charge in [0.15, 0.2) is 0 Å². The monoisotopic (exact) mass is 320 g/mol. The molecule has 2 aliphatic rings. The van der Waals surface area contributed by atoms with Crippen molar-refractivity contribution >= 4 is 23.6 Å². The zero-order valence-electron chi connectivity index (χ0n) is 11.8. The van der Waals surface area contributed by atoms with Crippen LogP contribution >= 0.6 is 11.8 Å². The Kier molecular flexibility index (Phi) is 3.79. The molecule has 8 heteroatoms. The number of thioether (sulfide) groups is 1. The van der Waals surface area contributed by atoms with Crippen molar-refractivity contribution in [2.24, 2.45) is 5.73 Å². The lowest BCUT2D eigenvalue weighted by Gasteiger charge is -2.49. The van der Waals surface area contributed by atoms with Crippen LogP contribution in [0.15, 0.2) is 42.6 Å². The average Bonchev–Trinajstić information content (AvgIpc) is 2.93. The number of carboxylic acids is 1. The highest BCUT2D eigenvalue weighted by Crippen LogP contribution is 2.39. The van der Waals surface area contributed by atoms with Gasteiger partial charge in [0.25, 0.3) is 0 Å². The molecule has 3 rings (SSSR count). The van der Waals surface area contributed by atoms with Crippen molar-refractivity contribution in [1.29, 1.82) is 0 Å². The van der Waals surface area contributed by atoms with Gasteiger partial charge in [0.1, 0.15) is 36.9 Å². The second-order valence-electron chi connectivity index (χ2n) is 5.25. The largest absolute Gasteiger partial charge is 0.543 e. The van der Waals surface area contributed by atoms with Crippen molar-refractivity contribution < 1.29 is 19.3 Å². The van der Waals surface area contributed by atoms with E-state index in [0.717, 1.165) is 0 Å². The number of carbonyl (C=O) groups is 2. The molecule has 0 radical (unpaired) electrons. The van der Waals surface area contributed by atoms with Crippen LogP contribution in [0.2, 0.25) is 0 Å². The summed E-state index contributed by atoms with van der Waals surface area (Å²) in [6.07, 6.45) is 7.37. The Morgan fingerprint density at radius 1 is 1.64 bits per heavy atom. The second-order valence-corrected chi connectivity index (χ2v) is 6.35. The molecule has 2 aliphatic heterocycles. The summed E-state index contributed by atoms with van der Waals surface area (Å²) < 4.78 is 3.79. The van der Waals surface area contributed by atoms with E-state index in [-0.39, 0.29) is 17.0 Å². The summed E-state index contributed by atoms with van der Waals surface area (Å²) in [7, 11) is 0. The van der Waals surface area contributed by atoms with E-state index >= 15 is 0 Å². The Bertz CT molecular complexity index is 681. The number of nitrogens with two attached hydrogens (primary N) is 1. The van der Waals surface area contributed by atoms with E-state index in [1.807, 2.05) is 27.9 Å². The van der Waals surface area contributed by atoms with Crippen molar-refractivity contribution in [1.82, 2.24) is 9.47 Å². The molecule has 1 amide bonds. The number of carboxylic acid groups (broad SMARTS) is 1. The van der Waals surface area contributed by atoms with Gasteiger partial charge in [0.05, 0.1) is 11.7 Å². The van der Waals surface area contributed by atoms with Gasteiger partial charge in [0, 0.05) is 11.3 Å². The summed E-state index contributed by atoms with van der Waals surface area (Å²) in [5, 5.41) is 11.2. The molecule has 1 unspecified atom stereocenters. The molecule has 116 valence electrons. The lowest BCUT2D eigenvalue weighted by atomic mass is 10.0. The Morgan fingerprint density at radius 2 is 2.41 bits per heavy atom. The molecule has 7 nitrogen and oxygen atoms in total. The van der Waals surface area contributed by atoms with Gasteiger partial charge in [-0.1, -0.05) is 12.7 Å². The zero-order chi connectivity index (χ0) is 15.9. The van der Waals surface area contributed by atoms with Gasteiger partial charge in [-0.15, -0.1) is 11.8 Å². The lowest BCUT2D eigenvalue weighted by molar-refractivity contribution is -0.688. The molecule has 2 atom stereocenters. The number of rotatable bonds is 5. The fraction of sp³-hybridized carbons (Fsp3) is 0.357. The summed E-state index contributed by atoms with van der Waals surface area (Å²) >= 11 is 1.49. The molecule has 1 saturated heterocycles. The summed E-state index contributed by atoms with van der Waals surface area (Å²) in [6.45, 7) is 4.74. The van der Waals surface area contributed by atoms with Crippen LogP contribution in [-0.2, 0) is 22.7 Å². The standard InChI is InChI=1S/C14H16N4O3S/c1-2-3-16-4-5-17(8-16)6-9-7-22-13-10(15)12(19)18(13)11(9)14(20)21/h2,4-5,8,10,13H,1,3,6-7,15H2/t10?,13-/m1/s1. The number of fused-ring (bicyclic) bond motifs is 1. The van der Waals surface area contributed by atoms with Gasteiger partial charge < -0.3 is 15.6 Å². The zero-order valence-corrected chi connectivity index (χ0v) is 12.7. The van der Waals surface area contributed by atoms with Crippen molar-refractivity contribution in [3.05, 3.63) is 42.6 Å². The molecule has 1 aromatic heterocycles. The predicted molar refractivity (Wildman–Crippen MR) is 77.9 cm³/mol. The van der Waals surface area contributed by atoms with Crippen LogP contribution in [-0.4, -0.2) is 38.5 Å². The third-order valence-electron chi connectivity index (χ3n) is 3.74. The summed E-state index contributed by atoms with van der Waals surface area (Å²) in [5.41, 5.74) is 6.33. The quantitative estimate of drug-likeness (QED) is 0.393. The first-order valence-electron chi connectivity index (χ1n) is 6.82. The van der Waals surface area contributed by atoms with Crippen LogP contribution in [0.3, 0.4) is 0 Å². The first-order chi connectivity index (χ1) is 10.5. The molecule has 0 saturated carbocycles. The van der Waals surface area contributed by atoms with Crippen LogP contribution in [0.1, 0.15) is 0 Å². The topological polar surface area (TPSA) is 95.3 Å². The second kappa shape index (κ2) is 5.62. The molecule has 22 heavy (non-hydrogen) atoms. The smallest absolute Gasteiger partial charge is 0.248 e. The molecule has 3 heterocycles. The van der Waals surface area contributed by atoms with E-state index in [9.17, 15) is 14.7 Å². The third kappa shape index (κ3) is 2.34. The van der Waals surface area contributed by atoms with E-state index < -0.39 is 12.0 Å². The molecule has 0 spiro atoms. The van der Waals surface area contributed by atoms with E-state index in [2.05, 4.69) is 6.58 Å². The van der Waals surface area contributed by atoms with Gasteiger partial charge in [-0.3, -0.25) is 9.69 Å². The van der Waals surface area contributed by atoms with Gasteiger partial charge in [-0.05, 0) is 0 Å². The molecule has 1 fully saturated rings. The fourth-order valence-electron chi connectivity index (χ4n) is 2.70. The number of allylic oxidation sites excluding steroid dienone is 1. The number of hydrogen-bond acceptors (Lipinski definition) is 5. The van der Waals surface area contributed by atoms with E-state index in [4.69, 9.17) is 5.73 Å². The van der Waals surface area contributed by atoms with Crippen LogP contribution in [0.4, 0.5) is 0 Å². The fourth-order valence-corrected chi connectivity index (χ4v) is 3.98. The SMILES string of the molecule is C=CCn1cc[n+](CC2=C(C(=O)[O-])N3C(=O)C(N)[C@H]3SC2)c1. The van der Waals surface area contributed by atoms with Crippen molar-refractivity contribution in [3.8, 4) is 0 Å². The molecule has 0 aliphatic carbocycles. The first-order valence-corrected chi connectivity index (χ1v) is 7.87. The predicted octanol–water partition coefficient (Wildman–Crippen LogP) is -1.79. The number of carbonyl (C=O) groups excluding carboxylic acids is 2. The van der Waals surface area contributed by atoms with Crippen LogP contribution in [0.5, 0.6) is 0 Å². The molecule has 0 aromatic carbocycles. The number of aliphatic carboxylic acids is 1. The maximum absolute atomic E-state index is 11.8. The third-order valence-corrected chi connectivity index (χ3v) is 5.10. The summed E-state index contributed by atoms with van der Waals surface area (Å²) in [5.74, 6) is -1.17. The van der Waals surface area contributed by atoms with E-state index in [1.165, 1.54) is 16.7 Å². The maximum Gasteiger partial charge on any atom is 0.248 e. The number of imidazole rings is 1. The highest BCUT2D eigenvalue weighted by molar-refractivity contribution is 8.00. The summed E-state index contributed by atoms with van der Waals surface area (Å²) in [4.78, 5) is 24.6. The lowest BCUT2D eigenvalue weighted by Crippen LogP contribution is -2.69.